The van der Waals surface area contributed by atoms with Gasteiger partial charge in [0, 0.05) is 18.8 Å². The zero-order chi connectivity index (χ0) is 14.3. The van der Waals surface area contributed by atoms with E-state index in [4.69, 9.17) is 14.3 Å². The smallest absolute Gasteiger partial charge is 0.281 e. The third-order valence-corrected chi connectivity index (χ3v) is 2.50. The van der Waals surface area contributed by atoms with Crippen molar-refractivity contribution in [3.8, 4) is 0 Å². The van der Waals surface area contributed by atoms with E-state index in [-0.39, 0.29) is 5.91 Å². The van der Waals surface area contributed by atoms with Crippen LogP contribution < -0.4 is 5.32 Å². The fraction of sp³-hybridized carbons (Fsp3) is 0.429. The molecule has 1 aliphatic rings. The van der Waals surface area contributed by atoms with E-state index >= 15 is 0 Å². The molecule has 2 rings (SSSR count). The number of carbonyl (C=O) groups excluding carboxylic acids is 2. The van der Waals surface area contributed by atoms with E-state index in [1.165, 1.54) is 6.92 Å². The molecule has 19 heavy (non-hydrogen) atoms. The average Bonchev–Trinajstić information content (AvgIpc) is 2.66. The second-order valence-corrected chi connectivity index (χ2v) is 3.72. The van der Waals surface area contributed by atoms with E-state index in [9.17, 15) is 4.79 Å². The summed E-state index contributed by atoms with van der Waals surface area (Å²) in [6.45, 7) is 6.12. The molecule has 1 amide bonds. The molecule has 104 valence electrons. The van der Waals surface area contributed by atoms with Crippen molar-refractivity contribution in [3.63, 3.8) is 0 Å². The first-order chi connectivity index (χ1) is 9.15. The zero-order valence-corrected chi connectivity index (χ0v) is 11.4. The Hall–Kier alpha value is -1.72. The minimum absolute atomic E-state index is 0.155. The van der Waals surface area contributed by atoms with Crippen LogP contribution in [0.3, 0.4) is 0 Å². The molecule has 0 unspecified atom stereocenters. The van der Waals surface area contributed by atoms with Crippen molar-refractivity contribution in [2.75, 3.05) is 13.2 Å². The molecule has 1 heterocycles. The largest absolute Gasteiger partial charge is 0.329 e. The van der Waals surface area contributed by atoms with Crippen LogP contribution >= 0.6 is 0 Å². The fourth-order valence-electron chi connectivity index (χ4n) is 1.93. The lowest BCUT2D eigenvalue weighted by atomic mass is 10.1. The molecule has 0 fully saturated rings. The van der Waals surface area contributed by atoms with Gasteiger partial charge in [0.1, 0.15) is 6.29 Å². The fourth-order valence-corrected chi connectivity index (χ4v) is 1.93. The van der Waals surface area contributed by atoms with Crippen LogP contribution in [0.4, 0.5) is 0 Å². The van der Waals surface area contributed by atoms with E-state index in [1.807, 2.05) is 32.0 Å². The molecule has 0 aromatic heterocycles. The summed E-state index contributed by atoms with van der Waals surface area (Å²) in [7, 11) is 0. The molecule has 0 saturated heterocycles. The van der Waals surface area contributed by atoms with Crippen molar-refractivity contribution in [1.82, 2.24) is 5.32 Å². The predicted octanol–water partition coefficient (Wildman–Crippen LogP) is 1.82. The van der Waals surface area contributed by atoms with Crippen LogP contribution in [0.25, 0.3) is 0 Å². The summed E-state index contributed by atoms with van der Waals surface area (Å²) in [5, 5.41) is 2.75. The highest BCUT2D eigenvalue weighted by atomic mass is 16.7. The summed E-state index contributed by atoms with van der Waals surface area (Å²) in [6, 6.07) is 7.31. The summed E-state index contributed by atoms with van der Waals surface area (Å²) in [6.07, 6.45) is 0.750. The molecule has 5 nitrogen and oxygen atoms in total. The molecule has 1 aliphatic heterocycles. The third-order valence-electron chi connectivity index (χ3n) is 2.50. The lowest BCUT2D eigenvalue weighted by Gasteiger charge is -2.29. The van der Waals surface area contributed by atoms with Crippen molar-refractivity contribution in [2.24, 2.45) is 0 Å². The van der Waals surface area contributed by atoms with Crippen LogP contribution in [-0.4, -0.2) is 25.4 Å². The van der Waals surface area contributed by atoms with Crippen LogP contribution in [0.1, 0.15) is 36.7 Å². The molecular formula is C14H19NO4. The number of rotatable bonds is 4. The van der Waals surface area contributed by atoms with Gasteiger partial charge in [-0.1, -0.05) is 18.2 Å². The monoisotopic (exact) mass is 265 g/mol. The molecule has 1 N–H and O–H groups in total. The summed E-state index contributed by atoms with van der Waals surface area (Å²) < 4.78 is 11.1. The normalized spacial score (nSPS) is 15.0. The van der Waals surface area contributed by atoms with Crippen molar-refractivity contribution in [2.45, 2.75) is 26.7 Å². The number of fused-ring (bicyclic) bond motifs is 1. The summed E-state index contributed by atoms with van der Waals surface area (Å²) in [4.78, 5) is 20.6. The second kappa shape index (κ2) is 7.01. The van der Waals surface area contributed by atoms with Gasteiger partial charge in [-0.05, 0) is 26.8 Å². The number of nitrogens with one attached hydrogen (secondary N) is 1. The van der Waals surface area contributed by atoms with E-state index in [0.29, 0.717) is 18.8 Å². The van der Waals surface area contributed by atoms with Gasteiger partial charge in [0.15, 0.2) is 0 Å². The molecule has 1 aromatic carbocycles. The number of amides is 1. The minimum Gasteiger partial charge on any atom is -0.329 e. The van der Waals surface area contributed by atoms with Gasteiger partial charge in [-0.15, -0.1) is 0 Å². The van der Waals surface area contributed by atoms with Crippen LogP contribution in [0.15, 0.2) is 24.3 Å². The van der Waals surface area contributed by atoms with Gasteiger partial charge < -0.3 is 14.3 Å². The van der Waals surface area contributed by atoms with Gasteiger partial charge in [-0.3, -0.25) is 10.1 Å². The van der Waals surface area contributed by atoms with Crippen LogP contribution in [0.2, 0.25) is 0 Å². The van der Waals surface area contributed by atoms with E-state index < -0.39 is 5.91 Å². The molecule has 0 radical (unpaired) electrons. The van der Waals surface area contributed by atoms with Gasteiger partial charge >= 0.3 is 0 Å². The number of hydrogen-bond donors (Lipinski definition) is 1. The molecule has 5 heteroatoms. The zero-order valence-electron chi connectivity index (χ0n) is 11.4. The predicted molar refractivity (Wildman–Crippen MR) is 70.6 cm³/mol. The number of aldehydes is 1. The molecule has 0 saturated carbocycles. The highest BCUT2D eigenvalue weighted by Gasteiger charge is 2.44. The summed E-state index contributed by atoms with van der Waals surface area (Å²) in [5.74, 6) is -1.26. The lowest BCUT2D eigenvalue weighted by molar-refractivity contribution is -0.251. The standard InChI is InChI=1S/C12H15NO3.C2H4O/c1-3-15-12(16-4-2)10-8-6-5-7-9(10)11(14)13-12;1-2-3/h5-8H,3-4H2,1-2H3,(H,13,14);2H,1H3. The Morgan fingerprint density at radius 2 is 1.74 bits per heavy atom. The maximum Gasteiger partial charge on any atom is 0.281 e. The topological polar surface area (TPSA) is 64.6 Å². The maximum atomic E-state index is 11.8. The van der Waals surface area contributed by atoms with E-state index in [0.717, 1.165) is 11.8 Å². The van der Waals surface area contributed by atoms with Crippen molar-refractivity contribution < 1.29 is 19.1 Å². The van der Waals surface area contributed by atoms with Crippen LogP contribution in [0, 0.1) is 0 Å². The Morgan fingerprint density at radius 1 is 1.21 bits per heavy atom. The number of carbonyl (C=O) groups is 2. The van der Waals surface area contributed by atoms with Crippen LogP contribution in [-0.2, 0) is 20.2 Å². The average molecular weight is 265 g/mol. The van der Waals surface area contributed by atoms with Crippen molar-refractivity contribution >= 4 is 12.2 Å². The van der Waals surface area contributed by atoms with Gasteiger partial charge in [-0.2, -0.15) is 0 Å². The highest BCUT2D eigenvalue weighted by molar-refractivity contribution is 5.99. The van der Waals surface area contributed by atoms with Gasteiger partial charge in [0.05, 0.1) is 5.56 Å². The Balaban J connectivity index is 0.000000550. The quantitative estimate of drug-likeness (QED) is 0.666. The molecule has 1 aromatic rings. The third kappa shape index (κ3) is 3.19. The first kappa shape index (κ1) is 15.3. The number of ether oxygens (including phenoxy) is 2. The van der Waals surface area contributed by atoms with Crippen molar-refractivity contribution in [3.05, 3.63) is 35.4 Å². The summed E-state index contributed by atoms with van der Waals surface area (Å²) in [5.41, 5.74) is 1.37. The Labute approximate surface area is 112 Å². The molecule has 0 bridgehead atoms. The lowest BCUT2D eigenvalue weighted by Crippen LogP contribution is -2.44. The Kier molecular flexibility index (Phi) is 5.66. The second-order valence-electron chi connectivity index (χ2n) is 3.72. The summed E-state index contributed by atoms with van der Waals surface area (Å²) >= 11 is 0. The molecular weight excluding hydrogens is 246 g/mol. The highest BCUT2D eigenvalue weighted by Crippen LogP contribution is 2.33. The van der Waals surface area contributed by atoms with E-state index in [2.05, 4.69) is 5.32 Å². The SMILES string of the molecule is CC=O.CCOC1(OCC)NC(=O)c2ccccc21. The van der Waals surface area contributed by atoms with Crippen molar-refractivity contribution in [1.29, 1.82) is 0 Å². The molecule has 0 aliphatic carbocycles. The first-order valence-corrected chi connectivity index (χ1v) is 6.24. The Bertz CT molecular complexity index is 439. The van der Waals surface area contributed by atoms with E-state index in [1.54, 1.807) is 6.07 Å². The number of hydrogen-bond acceptors (Lipinski definition) is 4. The minimum atomic E-state index is -1.10. The van der Waals surface area contributed by atoms with Gasteiger partial charge in [0.25, 0.3) is 11.8 Å². The number of benzene rings is 1. The molecule has 0 spiro atoms. The van der Waals surface area contributed by atoms with Crippen LogP contribution in [0.5, 0.6) is 0 Å². The maximum absolute atomic E-state index is 11.8. The Morgan fingerprint density at radius 3 is 2.26 bits per heavy atom. The molecule has 0 atom stereocenters. The van der Waals surface area contributed by atoms with Gasteiger partial charge in [-0.25, -0.2) is 0 Å². The first-order valence-electron chi connectivity index (χ1n) is 6.24. The van der Waals surface area contributed by atoms with Gasteiger partial charge in [0.2, 0.25) is 0 Å².